The van der Waals surface area contributed by atoms with Crippen molar-refractivity contribution in [2.45, 2.75) is 11.1 Å². The molecule has 0 aliphatic rings. The second kappa shape index (κ2) is 7.12. The van der Waals surface area contributed by atoms with Gasteiger partial charge in [-0.05, 0) is 29.8 Å². The predicted molar refractivity (Wildman–Crippen MR) is 93.7 cm³/mol. The Bertz CT molecular complexity index is 894. The van der Waals surface area contributed by atoms with Gasteiger partial charge in [-0.15, -0.1) is 11.3 Å². The van der Waals surface area contributed by atoms with Crippen LogP contribution in [0.5, 0.6) is 5.06 Å². The molecule has 0 radical (unpaired) electrons. The Labute approximate surface area is 145 Å². The molecule has 0 saturated heterocycles. The van der Waals surface area contributed by atoms with Gasteiger partial charge in [0.15, 0.2) is 10.1 Å². The van der Waals surface area contributed by atoms with E-state index in [-0.39, 0.29) is 5.03 Å². The molecule has 0 aliphatic carbocycles. The molecule has 1 atom stereocenters. The Morgan fingerprint density at radius 1 is 1.04 bits per heavy atom. The number of nitrogens with zero attached hydrogens (tertiary/aromatic N) is 1. The van der Waals surface area contributed by atoms with Crippen LogP contribution in [0.2, 0.25) is 0 Å². The molecular weight excluding hydrogens is 344 g/mol. The van der Waals surface area contributed by atoms with E-state index in [0.29, 0.717) is 0 Å². The van der Waals surface area contributed by atoms with E-state index >= 15 is 0 Å². The second-order valence-electron chi connectivity index (χ2n) is 4.99. The minimum Gasteiger partial charge on any atom is -0.487 e. The third-order valence-electron chi connectivity index (χ3n) is 3.41. The summed E-state index contributed by atoms with van der Waals surface area (Å²) in [5, 5.41) is 0.720. The SMILES string of the molecule is COc1ccc(C(NS(=O)(=O)c2ccccn2)c2ccccc2)s1. The van der Waals surface area contributed by atoms with Crippen molar-refractivity contribution >= 4 is 21.4 Å². The van der Waals surface area contributed by atoms with Gasteiger partial charge in [-0.25, -0.2) is 13.4 Å². The molecule has 0 bridgehead atoms. The smallest absolute Gasteiger partial charge is 0.258 e. The third-order valence-corrected chi connectivity index (χ3v) is 5.86. The normalized spacial score (nSPS) is 12.7. The highest BCUT2D eigenvalue weighted by Gasteiger charge is 2.25. The fraction of sp³-hybridized carbons (Fsp3) is 0.118. The van der Waals surface area contributed by atoms with E-state index in [1.165, 1.54) is 23.6 Å². The van der Waals surface area contributed by atoms with Gasteiger partial charge in [0.05, 0.1) is 13.2 Å². The van der Waals surface area contributed by atoms with Gasteiger partial charge in [0, 0.05) is 11.1 Å². The van der Waals surface area contributed by atoms with Crippen LogP contribution in [0, 0.1) is 0 Å². The van der Waals surface area contributed by atoms with Gasteiger partial charge in [0.2, 0.25) is 0 Å². The zero-order chi connectivity index (χ0) is 17.0. The van der Waals surface area contributed by atoms with Gasteiger partial charge in [0.1, 0.15) is 0 Å². The summed E-state index contributed by atoms with van der Waals surface area (Å²) in [6, 6.07) is 17.4. The van der Waals surface area contributed by atoms with Crippen LogP contribution < -0.4 is 9.46 Å². The van der Waals surface area contributed by atoms with Gasteiger partial charge in [0.25, 0.3) is 10.0 Å². The first-order valence-corrected chi connectivity index (χ1v) is 9.52. The summed E-state index contributed by atoms with van der Waals surface area (Å²) in [6.07, 6.45) is 1.46. The van der Waals surface area contributed by atoms with E-state index in [1.54, 1.807) is 19.2 Å². The van der Waals surface area contributed by atoms with Crippen molar-refractivity contribution in [3.05, 3.63) is 77.3 Å². The van der Waals surface area contributed by atoms with Crippen molar-refractivity contribution < 1.29 is 13.2 Å². The van der Waals surface area contributed by atoms with E-state index in [9.17, 15) is 8.42 Å². The Kier molecular flexibility index (Phi) is 4.94. The van der Waals surface area contributed by atoms with E-state index in [4.69, 9.17) is 4.74 Å². The molecule has 2 aromatic heterocycles. The molecule has 0 spiro atoms. The minimum absolute atomic E-state index is 0.00514. The molecule has 3 rings (SSSR count). The number of benzene rings is 1. The van der Waals surface area contributed by atoms with Crippen LogP contribution in [0.3, 0.4) is 0 Å². The van der Waals surface area contributed by atoms with Gasteiger partial charge < -0.3 is 4.74 Å². The summed E-state index contributed by atoms with van der Waals surface area (Å²) in [6.45, 7) is 0. The number of pyridine rings is 1. The molecule has 24 heavy (non-hydrogen) atoms. The molecule has 1 N–H and O–H groups in total. The lowest BCUT2D eigenvalue weighted by Crippen LogP contribution is -2.29. The van der Waals surface area contributed by atoms with Crippen LogP contribution in [0.15, 0.2) is 71.9 Å². The van der Waals surface area contributed by atoms with Gasteiger partial charge in [-0.3, -0.25) is 0 Å². The molecule has 124 valence electrons. The quantitative estimate of drug-likeness (QED) is 0.733. The van der Waals surface area contributed by atoms with Crippen LogP contribution in [-0.4, -0.2) is 20.5 Å². The summed E-state index contributed by atoms with van der Waals surface area (Å²) in [5.41, 5.74) is 0.849. The van der Waals surface area contributed by atoms with E-state index in [0.717, 1.165) is 15.5 Å². The number of nitrogens with one attached hydrogen (secondary N) is 1. The number of aromatic nitrogens is 1. The van der Waals surface area contributed by atoms with E-state index in [2.05, 4.69) is 9.71 Å². The molecule has 5 nitrogen and oxygen atoms in total. The van der Waals surface area contributed by atoms with Crippen LogP contribution in [0.1, 0.15) is 16.5 Å². The average Bonchev–Trinajstić information content (AvgIpc) is 3.10. The fourth-order valence-corrected chi connectivity index (χ4v) is 4.38. The van der Waals surface area contributed by atoms with Crippen molar-refractivity contribution in [1.82, 2.24) is 9.71 Å². The summed E-state index contributed by atoms with van der Waals surface area (Å²) >= 11 is 1.40. The maximum absolute atomic E-state index is 12.7. The van der Waals surface area contributed by atoms with Crippen molar-refractivity contribution in [2.75, 3.05) is 7.11 Å². The first kappa shape index (κ1) is 16.6. The first-order chi connectivity index (χ1) is 11.6. The van der Waals surface area contributed by atoms with Gasteiger partial charge in [-0.1, -0.05) is 36.4 Å². The molecule has 1 unspecified atom stereocenters. The fourth-order valence-electron chi connectivity index (χ4n) is 2.26. The van der Waals surface area contributed by atoms with Crippen LogP contribution in [0.4, 0.5) is 0 Å². The molecule has 3 aromatic rings. The summed E-state index contributed by atoms with van der Waals surface area (Å²) in [4.78, 5) is 4.79. The number of thiophene rings is 1. The predicted octanol–water partition coefficient (Wildman–Crippen LogP) is 3.22. The number of hydrogen-bond donors (Lipinski definition) is 1. The molecule has 0 aliphatic heterocycles. The highest BCUT2D eigenvalue weighted by molar-refractivity contribution is 7.89. The van der Waals surface area contributed by atoms with E-state index in [1.807, 2.05) is 42.5 Å². The summed E-state index contributed by atoms with van der Waals surface area (Å²) < 4.78 is 33.3. The summed E-state index contributed by atoms with van der Waals surface area (Å²) in [7, 11) is -2.16. The Morgan fingerprint density at radius 3 is 2.42 bits per heavy atom. The third kappa shape index (κ3) is 3.64. The van der Waals surface area contributed by atoms with Crippen molar-refractivity contribution in [2.24, 2.45) is 0 Å². The zero-order valence-electron chi connectivity index (χ0n) is 12.9. The first-order valence-electron chi connectivity index (χ1n) is 7.22. The highest BCUT2D eigenvalue weighted by atomic mass is 32.2. The van der Waals surface area contributed by atoms with Crippen molar-refractivity contribution in [3.8, 4) is 5.06 Å². The van der Waals surface area contributed by atoms with Crippen LogP contribution in [0.25, 0.3) is 0 Å². The number of methoxy groups -OCH3 is 1. The Balaban J connectivity index is 1.99. The monoisotopic (exact) mass is 360 g/mol. The molecule has 7 heteroatoms. The van der Waals surface area contributed by atoms with Gasteiger partial charge in [-0.2, -0.15) is 4.72 Å². The number of sulfonamides is 1. The largest absolute Gasteiger partial charge is 0.487 e. The standard InChI is InChI=1S/C17H16N2O3S2/c1-22-16-11-10-14(23-16)17(13-7-3-2-4-8-13)19-24(20,21)15-9-5-6-12-18-15/h2-12,17,19H,1H3. The molecule has 0 amide bonds. The Morgan fingerprint density at radius 2 is 1.79 bits per heavy atom. The van der Waals surface area contributed by atoms with Crippen LogP contribution >= 0.6 is 11.3 Å². The maximum Gasteiger partial charge on any atom is 0.258 e. The number of hydrogen-bond acceptors (Lipinski definition) is 5. The van der Waals surface area contributed by atoms with E-state index < -0.39 is 16.1 Å². The maximum atomic E-state index is 12.7. The molecule has 0 fully saturated rings. The lowest BCUT2D eigenvalue weighted by Gasteiger charge is -2.17. The molecule has 0 saturated carbocycles. The second-order valence-corrected chi connectivity index (χ2v) is 7.73. The lowest BCUT2D eigenvalue weighted by molar-refractivity contribution is 0.427. The highest BCUT2D eigenvalue weighted by Crippen LogP contribution is 2.33. The van der Waals surface area contributed by atoms with Gasteiger partial charge >= 0.3 is 0 Å². The van der Waals surface area contributed by atoms with Crippen molar-refractivity contribution in [1.29, 1.82) is 0 Å². The van der Waals surface area contributed by atoms with Crippen LogP contribution in [-0.2, 0) is 10.0 Å². The molecule has 2 heterocycles. The molecule has 1 aromatic carbocycles. The topological polar surface area (TPSA) is 68.3 Å². The Hall–Kier alpha value is -2.22. The number of rotatable bonds is 6. The average molecular weight is 360 g/mol. The minimum atomic E-state index is -3.75. The molecular formula is C17H16N2O3S2. The lowest BCUT2D eigenvalue weighted by atomic mass is 10.1. The summed E-state index contributed by atoms with van der Waals surface area (Å²) in [5.74, 6) is 0. The van der Waals surface area contributed by atoms with Crippen molar-refractivity contribution in [3.63, 3.8) is 0 Å². The number of ether oxygens (including phenoxy) is 1. The zero-order valence-corrected chi connectivity index (χ0v) is 14.5.